The lowest BCUT2D eigenvalue weighted by molar-refractivity contribution is -0.365. The number of alkyl halides is 3. The Kier molecular flexibility index (Phi) is 7.99. The molecule has 3 aliphatic rings. The molecule has 2 saturated heterocycles. The molecule has 5 rings (SSSR count). The van der Waals surface area contributed by atoms with Gasteiger partial charge in [0.25, 0.3) is 0 Å². The number of rotatable bonds is 8. The summed E-state index contributed by atoms with van der Waals surface area (Å²) in [5, 5.41) is 10.7. The Morgan fingerprint density at radius 2 is 1.84 bits per heavy atom. The summed E-state index contributed by atoms with van der Waals surface area (Å²) >= 11 is 0. The van der Waals surface area contributed by atoms with E-state index in [2.05, 4.69) is 4.98 Å². The second-order valence-electron chi connectivity index (χ2n) is 11.4. The Bertz CT molecular complexity index is 1080. The molecule has 1 saturated carbocycles. The van der Waals surface area contributed by atoms with Crippen LogP contribution in [-0.4, -0.2) is 59.9 Å². The molecule has 0 spiro atoms. The zero-order chi connectivity index (χ0) is 26.9. The highest BCUT2D eigenvalue weighted by Gasteiger charge is 2.58. The van der Waals surface area contributed by atoms with Crippen molar-refractivity contribution in [3.8, 4) is 17.0 Å². The topological polar surface area (TPSA) is 50.1 Å². The van der Waals surface area contributed by atoms with Gasteiger partial charge in [0, 0.05) is 36.3 Å². The molecule has 5 nitrogen and oxygen atoms in total. The molecule has 0 amide bonds. The maximum atomic E-state index is 14.9. The van der Waals surface area contributed by atoms with Gasteiger partial charge in [-0.05, 0) is 82.7 Å². The van der Waals surface area contributed by atoms with Crippen LogP contribution in [0.3, 0.4) is 0 Å². The standard InChI is InChI=1S/C29H37F4N3O2/c1-20-4-2-13-36(20)27(37)24-7-5-22(16-25(24)30)26-8-6-23(17-34-26)38-18-21-9-14-35(15-10-21)19-28(11-3-12-28)29(31,32)33/h5-8,16-17,20-21,27,37H,2-4,9-15,18-19H2,1H3/p+1/t20-,27?/m0/s1. The Morgan fingerprint density at radius 3 is 2.39 bits per heavy atom. The molecule has 208 valence electrons. The van der Waals surface area contributed by atoms with Crippen LogP contribution in [-0.2, 0) is 0 Å². The molecular formula is C29H38F4N3O2+. The van der Waals surface area contributed by atoms with Crippen LogP contribution in [0.1, 0.15) is 63.7 Å². The van der Waals surface area contributed by atoms with Gasteiger partial charge in [0.05, 0.1) is 12.0 Å². The van der Waals surface area contributed by atoms with Crippen molar-refractivity contribution in [2.45, 2.75) is 70.3 Å². The summed E-state index contributed by atoms with van der Waals surface area (Å²) in [6.45, 7) is 4.79. The number of piperidine rings is 1. The van der Waals surface area contributed by atoms with Crippen LogP contribution in [0.5, 0.6) is 5.75 Å². The van der Waals surface area contributed by atoms with Crippen LogP contribution >= 0.6 is 0 Å². The van der Waals surface area contributed by atoms with Crippen molar-refractivity contribution in [1.82, 2.24) is 9.80 Å². The van der Waals surface area contributed by atoms with Crippen LogP contribution in [0.15, 0.2) is 36.5 Å². The molecule has 0 bridgehead atoms. The maximum Gasteiger partial charge on any atom is 0.395 e. The number of pyridine rings is 1. The minimum atomic E-state index is -4.12. The number of aromatic nitrogens is 1. The zero-order valence-electron chi connectivity index (χ0n) is 21.9. The summed E-state index contributed by atoms with van der Waals surface area (Å²) < 4.78 is 61.3. The minimum absolute atomic E-state index is 0.123. The molecular weight excluding hydrogens is 498 g/mol. The first-order valence-electron chi connectivity index (χ1n) is 13.8. The van der Waals surface area contributed by atoms with Gasteiger partial charge in [0.2, 0.25) is 11.9 Å². The number of benzene rings is 1. The van der Waals surface area contributed by atoms with Gasteiger partial charge in [-0.1, -0.05) is 12.5 Å². The highest BCUT2D eigenvalue weighted by molar-refractivity contribution is 5.57. The average Bonchev–Trinajstić information content (AvgIpc) is 3.30. The van der Waals surface area contributed by atoms with Crippen molar-refractivity contribution in [2.75, 3.05) is 32.8 Å². The predicted molar refractivity (Wildman–Crippen MR) is 136 cm³/mol. The molecule has 38 heavy (non-hydrogen) atoms. The van der Waals surface area contributed by atoms with Crippen LogP contribution in [0.2, 0.25) is 0 Å². The van der Waals surface area contributed by atoms with Crippen molar-refractivity contribution in [3.05, 3.63) is 47.9 Å². The number of aliphatic hydroxyl groups excluding tert-OH is 1. The van der Waals surface area contributed by atoms with Crippen molar-refractivity contribution in [3.63, 3.8) is 0 Å². The molecule has 1 aliphatic carbocycles. The lowest BCUT2D eigenvalue weighted by Gasteiger charge is -2.47. The first-order valence-corrected chi connectivity index (χ1v) is 13.8. The molecule has 2 atom stereocenters. The number of nitrogens with one attached hydrogen (secondary N) is 1. The van der Waals surface area contributed by atoms with E-state index < -0.39 is 23.6 Å². The summed E-state index contributed by atoms with van der Waals surface area (Å²) in [6, 6.07) is 8.77. The van der Waals surface area contributed by atoms with E-state index in [0.29, 0.717) is 43.3 Å². The fourth-order valence-corrected chi connectivity index (χ4v) is 6.17. The van der Waals surface area contributed by atoms with Crippen molar-refractivity contribution < 1.29 is 32.4 Å². The van der Waals surface area contributed by atoms with Gasteiger partial charge in [-0.15, -0.1) is 0 Å². The third-order valence-corrected chi connectivity index (χ3v) is 8.92. The highest BCUT2D eigenvalue weighted by atomic mass is 19.4. The Balaban J connectivity index is 1.11. The van der Waals surface area contributed by atoms with E-state index in [4.69, 9.17) is 4.74 Å². The van der Waals surface area contributed by atoms with Crippen LogP contribution in [0.25, 0.3) is 11.3 Å². The normalized spacial score (nSPS) is 23.8. The number of aromatic amines is 1. The Morgan fingerprint density at radius 1 is 1.08 bits per heavy atom. The SMILES string of the molecule is C[C@H]1CCCN1C(O)c1ccc(-c2ccc(OCC3CCN(CC4(C(F)(F)F)CCC4)CC3)c[nH+]2)cc1F. The zero-order valence-corrected chi connectivity index (χ0v) is 21.9. The van der Waals surface area contributed by atoms with E-state index in [-0.39, 0.29) is 31.0 Å². The molecule has 0 radical (unpaired) electrons. The molecule has 3 fully saturated rings. The first-order chi connectivity index (χ1) is 18.1. The second kappa shape index (κ2) is 11.1. The summed E-state index contributed by atoms with van der Waals surface area (Å²) in [7, 11) is 0. The van der Waals surface area contributed by atoms with Crippen LogP contribution in [0.4, 0.5) is 17.6 Å². The quantitative estimate of drug-likeness (QED) is 0.446. The van der Waals surface area contributed by atoms with E-state index in [0.717, 1.165) is 37.9 Å². The van der Waals surface area contributed by atoms with Crippen LogP contribution < -0.4 is 9.72 Å². The monoisotopic (exact) mass is 536 g/mol. The highest BCUT2D eigenvalue weighted by Crippen LogP contribution is 2.53. The molecule has 2 aliphatic heterocycles. The number of aliphatic hydroxyl groups is 1. The first kappa shape index (κ1) is 27.3. The van der Waals surface area contributed by atoms with Crippen molar-refractivity contribution >= 4 is 0 Å². The lowest BCUT2D eigenvalue weighted by atomic mass is 9.67. The molecule has 2 N–H and O–H groups in total. The fourth-order valence-electron chi connectivity index (χ4n) is 6.17. The summed E-state index contributed by atoms with van der Waals surface area (Å²) in [5.41, 5.74) is 0.197. The van der Waals surface area contributed by atoms with Gasteiger partial charge in [0.15, 0.2) is 5.75 Å². The van der Waals surface area contributed by atoms with Crippen molar-refractivity contribution in [2.24, 2.45) is 11.3 Å². The van der Waals surface area contributed by atoms with E-state index in [1.54, 1.807) is 18.3 Å². The number of H-pyrrole nitrogens is 1. The van der Waals surface area contributed by atoms with E-state index in [9.17, 15) is 22.7 Å². The predicted octanol–water partition coefficient (Wildman–Crippen LogP) is 5.61. The Labute approximate surface area is 221 Å². The summed E-state index contributed by atoms with van der Waals surface area (Å²) in [4.78, 5) is 7.06. The molecule has 3 heterocycles. The van der Waals surface area contributed by atoms with E-state index in [1.165, 1.54) is 6.07 Å². The molecule has 1 aromatic carbocycles. The van der Waals surface area contributed by atoms with Crippen molar-refractivity contribution in [1.29, 1.82) is 0 Å². The largest absolute Gasteiger partial charge is 0.487 e. The number of ether oxygens (including phenoxy) is 1. The maximum absolute atomic E-state index is 14.9. The third-order valence-electron chi connectivity index (χ3n) is 8.92. The molecule has 1 unspecified atom stereocenters. The second-order valence-corrected chi connectivity index (χ2v) is 11.4. The molecule has 1 aromatic heterocycles. The van der Waals surface area contributed by atoms with Crippen LogP contribution in [0, 0.1) is 17.2 Å². The minimum Gasteiger partial charge on any atom is -0.487 e. The Hall–Kier alpha value is -2.23. The fraction of sp³-hybridized carbons (Fsp3) is 0.621. The summed E-state index contributed by atoms with van der Waals surface area (Å²) in [6.07, 6.45) is 1.50. The molecule has 2 aromatic rings. The van der Waals surface area contributed by atoms with Gasteiger partial charge < -0.3 is 14.7 Å². The number of likely N-dealkylation sites (tertiary alicyclic amines) is 2. The van der Waals surface area contributed by atoms with E-state index >= 15 is 0 Å². The smallest absolute Gasteiger partial charge is 0.395 e. The number of nitrogens with zero attached hydrogens (tertiary/aromatic N) is 2. The third kappa shape index (κ3) is 5.70. The van der Waals surface area contributed by atoms with Gasteiger partial charge in [-0.3, -0.25) is 4.90 Å². The number of hydrogen-bond acceptors (Lipinski definition) is 4. The van der Waals surface area contributed by atoms with E-state index in [1.807, 2.05) is 28.9 Å². The summed E-state index contributed by atoms with van der Waals surface area (Å²) in [5.74, 6) is 0.533. The average molecular weight is 537 g/mol. The lowest BCUT2D eigenvalue weighted by Crippen LogP contribution is -2.53. The van der Waals surface area contributed by atoms with Gasteiger partial charge in [0.1, 0.15) is 12.0 Å². The van der Waals surface area contributed by atoms with Gasteiger partial charge in [-0.2, -0.15) is 13.2 Å². The number of hydrogen-bond donors (Lipinski definition) is 1. The van der Waals surface area contributed by atoms with Gasteiger partial charge >= 0.3 is 6.18 Å². The molecule has 9 heteroatoms. The van der Waals surface area contributed by atoms with Gasteiger partial charge in [-0.25, -0.2) is 9.37 Å². The number of halogens is 4.